The lowest BCUT2D eigenvalue weighted by atomic mass is 10.0. The van der Waals surface area contributed by atoms with Crippen LogP contribution >= 0.6 is 0 Å². The molecule has 1 aromatic rings. The van der Waals surface area contributed by atoms with Crippen LogP contribution in [0.4, 0.5) is 0 Å². The standard InChI is InChI=1S/C16H23N3O4S/c1-10-8-12(6-7-19(10)24(21,22)13-4-5-13)17-16(20)14-9-15(23-18-14)11-2-3-11/h9-13H,2-8H2,1H3,(H,17,20)/t10-,12-/m1/s1. The monoisotopic (exact) mass is 353 g/mol. The predicted octanol–water partition coefficient (Wildman–Crippen LogP) is 1.63. The molecular weight excluding hydrogens is 330 g/mol. The first-order valence-electron chi connectivity index (χ1n) is 8.73. The van der Waals surface area contributed by atoms with Gasteiger partial charge in [-0.2, -0.15) is 4.31 Å². The Morgan fingerprint density at radius 3 is 2.67 bits per heavy atom. The van der Waals surface area contributed by atoms with Crippen molar-refractivity contribution in [3.63, 3.8) is 0 Å². The van der Waals surface area contributed by atoms with Gasteiger partial charge in [-0.3, -0.25) is 4.79 Å². The van der Waals surface area contributed by atoms with Crippen molar-refractivity contribution in [1.29, 1.82) is 0 Å². The van der Waals surface area contributed by atoms with E-state index in [1.165, 1.54) is 0 Å². The number of nitrogens with zero attached hydrogens (tertiary/aromatic N) is 2. The molecule has 2 aliphatic carbocycles. The van der Waals surface area contributed by atoms with Crippen LogP contribution in [0, 0.1) is 0 Å². The molecular formula is C16H23N3O4S. The third-order valence-electron chi connectivity index (χ3n) is 5.16. The summed E-state index contributed by atoms with van der Waals surface area (Å²) in [5.41, 5.74) is 0.317. The minimum Gasteiger partial charge on any atom is -0.360 e. The van der Waals surface area contributed by atoms with Crippen LogP contribution in [0.25, 0.3) is 0 Å². The molecule has 1 amide bonds. The molecule has 1 N–H and O–H groups in total. The van der Waals surface area contributed by atoms with Gasteiger partial charge >= 0.3 is 0 Å². The van der Waals surface area contributed by atoms with Crippen LogP contribution in [-0.2, 0) is 10.0 Å². The van der Waals surface area contributed by atoms with E-state index in [1.54, 1.807) is 10.4 Å². The molecule has 7 nitrogen and oxygen atoms in total. The minimum absolute atomic E-state index is 0.0285. The fourth-order valence-corrected chi connectivity index (χ4v) is 5.50. The van der Waals surface area contributed by atoms with Crippen molar-refractivity contribution in [3.05, 3.63) is 17.5 Å². The second-order valence-corrected chi connectivity index (χ2v) is 9.45. The molecule has 3 aliphatic rings. The molecule has 1 aromatic heterocycles. The zero-order valence-corrected chi connectivity index (χ0v) is 14.6. The van der Waals surface area contributed by atoms with E-state index in [9.17, 15) is 13.2 Å². The van der Waals surface area contributed by atoms with Crippen LogP contribution < -0.4 is 5.32 Å². The summed E-state index contributed by atoms with van der Waals surface area (Å²) in [7, 11) is -3.15. The van der Waals surface area contributed by atoms with Gasteiger partial charge in [0, 0.05) is 30.6 Å². The number of piperidine rings is 1. The molecule has 0 spiro atoms. The lowest BCUT2D eigenvalue weighted by Gasteiger charge is -2.36. The zero-order valence-electron chi connectivity index (χ0n) is 13.8. The third kappa shape index (κ3) is 3.09. The van der Waals surface area contributed by atoms with E-state index in [2.05, 4.69) is 10.5 Å². The number of hydrogen-bond donors (Lipinski definition) is 1. The van der Waals surface area contributed by atoms with Crippen molar-refractivity contribution >= 4 is 15.9 Å². The predicted molar refractivity (Wildman–Crippen MR) is 87.1 cm³/mol. The maximum Gasteiger partial charge on any atom is 0.273 e. The van der Waals surface area contributed by atoms with Gasteiger partial charge in [0.15, 0.2) is 5.69 Å². The number of carbonyl (C=O) groups is 1. The summed E-state index contributed by atoms with van der Waals surface area (Å²) in [6.45, 7) is 2.39. The number of rotatable bonds is 5. The summed E-state index contributed by atoms with van der Waals surface area (Å²) in [6, 6.07) is 1.61. The van der Waals surface area contributed by atoms with Gasteiger partial charge in [-0.05, 0) is 45.4 Å². The highest BCUT2D eigenvalue weighted by Crippen LogP contribution is 2.40. The number of nitrogens with one attached hydrogen (secondary N) is 1. The van der Waals surface area contributed by atoms with E-state index < -0.39 is 10.0 Å². The highest BCUT2D eigenvalue weighted by Gasteiger charge is 2.43. The van der Waals surface area contributed by atoms with Crippen molar-refractivity contribution in [2.75, 3.05) is 6.54 Å². The van der Waals surface area contributed by atoms with Crippen molar-refractivity contribution in [2.24, 2.45) is 0 Å². The fourth-order valence-electron chi connectivity index (χ4n) is 3.43. The normalized spacial score (nSPS) is 28.7. The second-order valence-electron chi connectivity index (χ2n) is 7.29. The van der Waals surface area contributed by atoms with Gasteiger partial charge in [0.1, 0.15) is 5.76 Å². The summed E-state index contributed by atoms with van der Waals surface area (Å²) in [5, 5.41) is 6.65. The average molecular weight is 353 g/mol. The van der Waals surface area contributed by atoms with Gasteiger partial charge in [0.05, 0.1) is 5.25 Å². The maximum absolute atomic E-state index is 12.4. The van der Waals surface area contributed by atoms with E-state index in [0.29, 0.717) is 31.0 Å². The average Bonchev–Trinajstić information content (AvgIpc) is 3.45. The fraction of sp³-hybridized carbons (Fsp3) is 0.750. The smallest absolute Gasteiger partial charge is 0.273 e. The van der Waals surface area contributed by atoms with Crippen LogP contribution in [0.5, 0.6) is 0 Å². The molecule has 0 aromatic carbocycles. The van der Waals surface area contributed by atoms with Crippen molar-refractivity contribution in [1.82, 2.24) is 14.8 Å². The lowest BCUT2D eigenvalue weighted by molar-refractivity contribution is 0.0905. The van der Waals surface area contributed by atoms with Crippen LogP contribution in [0.1, 0.15) is 67.6 Å². The van der Waals surface area contributed by atoms with Gasteiger partial charge in [-0.25, -0.2) is 8.42 Å². The number of hydrogen-bond acceptors (Lipinski definition) is 5. The SMILES string of the molecule is C[C@@H]1C[C@H](NC(=O)c2cc(C3CC3)on2)CCN1S(=O)(=O)C1CC1. The Labute approximate surface area is 141 Å². The molecule has 24 heavy (non-hydrogen) atoms. The Morgan fingerprint density at radius 1 is 1.29 bits per heavy atom. The van der Waals surface area contributed by atoms with Crippen molar-refractivity contribution < 1.29 is 17.7 Å². The Hall–Kier alpha value is -1.41. The van der Waals surface area contributed by atoms with E-state index in [1.807, 2.05) is 6.92 Å². The molecule has 0 unspecified atom stereocenters. The summed E-state index contributed by atoms with van der Waals surface area (Å²) >= 11 is 0. The Kier molecular flexibility index (Phi) is 3.91. The molecule has 8 heteroatoms. The van der Waals surface area contributed by atoms with Gasteiger partial charge in [-0.15, -0.1) is 0 Å². The highest BCUT2D eigenvalue weighted by atomic mass is 32.2. The number of amides is 1. The van der Waals surface area contributed by atoms with Gasteiger partial charge in [0.2, 0.25) is 10.0 Å². The summed E-state index contributed by atoms with van der Waals surface area (Å²) in [4.78, 5) is 12.3. The molecule has 4 rings (SSSR count). The Balaban J connectivity index is 1.35. The number of aromatic nitrogens is 1. The molecule has 0 bridgehead atoms. The summed E-state index contributed by atoms with van der Waals surface area (Å²) < 4.78 is 31.6. The van der Waals surface area contributed by atoms with E-state index >= 15 is 0 Å². The van der Waals surface area contributed by atoms with Gasteiger partial charge in [-0.1, -0.05) is 5.16 Å². The molecule has 3 fully saturated rings. The number of carbonyl (C=O) groups excluding carboxylic acids is 1. The molecule has 0 radical (unpaired) electrons. The van der Waals surface area contributed by atoms with E-state index in [0.717, 1.165) is 31.4 Å². The lowest BCUT2D eigenvalue weighted by Crippen LogP contribution is -2.51. The van der Waals surface area contributed by atoms with Crippen molar-refractivity contribution in [3.8, 4) is 0 Å². The van der Waals surface area contributed by atoms with E-state index in [4.69, 9.17) is 4.52 Å². The molecule has 2 saturated carbocycles. The third-order valence-corrected chi connectivity index (χ3v) is 7.67. The molecule has 1 aliphatic heterocycles. The van der Waals surface area contributed by atoms with Crippen LogP contribution in [0.2, 0.25) is 0 Å². The zero-order chi connectivity index (χ0) is 16.9. The topological polar surface area (TPSA) is 92.5 Å². The largest absolute Gasteiger partial charge is 0.360 e. The first-order valence-corrected chi connectivity index (χ1v) is 10.2. The van der Waals surface area contributed by atoms with E-state index in [-0.39, 0.29) is 23.2 Å². The first kappa shape index (κ1) is 16.1. The van der Waals surface area contributed by atoms with Crippen LogP contribution in [0.15, 0.2) is 10.6 Å². The molecule has 2 heterocycles. The molecule has 2 atom stereocenters. The minimum atomic E-state index is -3.15. The Morgan fingerprint density at radius 2 is 2.04 bits per heavy atom. The van der Waals surface area contributed by atoms with Crippen LogP contribution in [-0.4, -0.2) is 47.7 Å². The van der Waals surface area contributed by atoms with Crippen LogP contribution in [0.3, 0.4) is 0 Å². The van der Waals surface area contributed by atoms with Gasteiger partial charge < -0.3 is 9.84 Å². The Bertz CT molecular complexity index is 736. The summed E-state index contributed by atoms with van der Waals surface area (Å²) in [5.74, 6) is 0.982. The summed E-state index contributed by atoms with van der Waals surface area (Å²) in [6.07, 6.45) is 5.02. The number of sulfonamides is 1. The second kappa shape index (κ2) is 5.84. The quantitative estimate of drug-likeness (QED) is 0.868. The van der Waals surface area contributed by atoms with Crippen molar-refractivity contribution in [2.45, 2.75) is 68.7 Å². The molecule has 1 saturated heterocycles. The maximum atomic E-state index is 12.4. The molecule has 132 valence electrons. The first-order chi connectivity index (χ1) is 11.4. The highest BCUT2D eigenvalue weighted by molar-refractivity contribution is 7.90. The van der Waals surface area contributed by atoms with Gasteiger partial charge in [0.25, 0.3) is 5.91 Å².